The van der Waals surface area contributed by atoms with Crippen LogP contribution in [0.5, 0.6) is 5.75 Å². The Morgan fingerprint density at radius 3 is 2.15 bits per heavy atom. The van der Waals surface area contributed by atoms with Gasteiger partial charge in [-0.3, -0.25) is 0 Å². The van der Waals surface area contributed by atoms with E-state index in [1.807, 2.05) is 26.8 Å². The predicted octanol–water partition coefficient (Wildman–Crippen LogP) is 2.37. The summed E-state index contributed by atoms with van der Waals surface area (Å²) in [7, 11) is 0. The van der Waals surface area contributed by atoms with Gasteiger partial charge in [0.2, 0.25) is 0 Å². The van der Waals surface area contributed by atoms with E-state index < -0.39 is 6.10 Å². The van der Waals surface area contributed by atoms with Crippen molar-refractivity contribution in [2.75, 3.05) is 0 Å². The Morgan fingerprint density at radius 2 is 1.69 bits per heavy atom. The number of hydrogen-bond acceptors (Lipinski definition) is 2. The summed E-state index contributed by atoms with van der Waals surface area (Å²) in [4.78, 5) is 0. The molecule has 0 saturated heterocycles. The minimum atomic E-state index is -0.474. The highest BCUT2D eigenvalue weighted by Gasteiger charge is 2.11. The van der Waals surface area contributed by atoms with Gasteiger partial charge in [-0.2, -0.15) is 0 Å². The monoisotopic (exact) mass is 180 g/mol. The summed E-state index contributed by atoms with van der Waals surface area (Å²) in [5.41, 5.74) is 3.54. The van der Waals surface area contributed by atoms with E-state index in [9.17, 15) is 10.2 Å². The fraction of sp³-hybridized carbons (Fsp3) is 0.455. The van der Waals surface area contributed by atoms with E-state index in [4.69, 9.17) is 0 Å². The number of benzene rings is 1. The van der Waals surface area contributed by atoms with Gasteiger partial charge in [-0.15, -0.1) is 0 Å². The van der Waals surface area contributed by atoms with Crippen LogP contribution in [0.4, 0.5) is 0 Å². The first-order valence-electron chi connectivity index (χ1n) is 4.43. The van der Waals surface area contributed by atoms with Gasteiger partial charge < -0.3 is 10.2 Å². The molecule has 0 amide bonds. The van der Waals surface area contributed by atoms with E-state index in [1.54, 1.807) is 6.92 Å². The number of phenols is 1. The molecule has 0 spiro atoms. The summed E-state index contributed by atoms with van der Waals surface area (Å²) in [6.45, 7) is 7.35. The van der Waals surface area contributed by atoms with Crippen LogP contribution in [0, 0.1) is 20.8 Å². The Labute approximate surface area is 78.8 Å². The van der Waals surface area contributed by atoms with Crippen molar-refractivity contribution in [3.63, 3.8) is 0 Å². The Hall–Kier alpha value is -1.02. The summed E-state index contributed by atoms with van der Waals surface area (Å²) in [5.74, 6) is 0.335. The number of aliphatic hydroxyl groups excluding tert-OH is 1. The molecule has 0 bridgehead atoms. The number of aromatic hydroxyl groups is 1. The summed E-state index contributed by atoms with van der Waals surface area (Å²) in [5, 5.41) is 19.1. The van der Waals surface area contributed by atoms with Crippen molar-refractivity contribution in [1.29, 1.82) is 0 Å². The molecular weight excluding hydrogens is 164 g/mol. The minimum Gasteiger partial charge on any atom is -0.507 e. The molecule has 0 radical (unpaired) electrons. The largest absolute Gasteiger partial charge is 0.507 e. The van der Waals surface area contributed by atoms with Gasteiger partial charge in [0.15, 0.2) is 0 Å². The zero-order valence-electron chi connectivity index (χ0n) is 8.55. The standard InChI is InChI=1S/C11H16O2/c1-6-5-10(9(4)12)7(2)8(3)11(6)13/h5,9,12-13H,1-4H3. The lowest BCUT2D eigenvalue weighted by molar-refractivity contribution is 0.198. The van der Waals surface area contributed by atoms with Crippen LogP contribution in [0.3, 0.4) is 0 Å². The van der Waals surface area contributed by atoms with Crippen LogP contribution in [-0.2, 0) is 0 Å². The lowest BCUT2D eigenvalue weighted by Crippen LogP contribution is -1.98. The second-order valence-corrected chi connectivity index (χ2v) is 3.56. The first-order chi connectivity index (χ1) is 5.95. The number of aryl methyl sites for hydroxylation is 1. The molecule has 0 heterocycles. The van der Waals surface area contributed by atoms with Crippen molar-refractivity contribution in [3.05, 3.63) is 28.3 Å². The van der Waals surface area contributed by atoms with Crippen LogP contribution in [-0.4, -0.2) is 10.2 Å². The average molecular weight is 180 g/mol. The SMILES string of the molecule is Cc1cc(C(C)O)c(C)c(C)c1O. The fourth-order valence-corrected chi connectivity index (χ4v) is 1.53. The molecule has 72 valence electrons. The van der Waals surface area contributed by atoms with Gasteiger partial charge in [0.25, 0.3) is 0 Å². The topological polar surface area (TPSA) is 40.5 Å². The Bertz CT molecular complexity index is 327. The molecule has 0 aliphatic rings. The molecule has 0 aliphatic carbocycles. The van der Waals surface area contributed by atoms with Gasteiger partial charge in [-0.1, -0.05) is 0 Å². The lowest BCUT2D eigenvalue weighted by atomic mass is 9.96. The molecule has 1 aromatic carbocycles. The molecule has 2 N–H and O–H groups in total. The van der Waals surface area contributed by atoms with Gasteiger partial charge in [0.05, 0.1) is 6.10 Å². The lowest BCUT2D eigenvalue weighted by Gasteiger charge is -2.14. The molecular formula is C11H16O2. The Kier molecular flexibility index (Phi) is 2.62. The molecule has 0 fully saturated rings. The predicted molar refractivity (Wildman–Crippen MR) is 53.0 cm³/mol. The van der Waals surface area contributed by atoms with Crippen LogP contribution in [0.25, 0.3) is 0 Å². The van der Waals surface area contributed by atoms with Crippen molar-refractivity contribution >= 4 is 0 Å². The van der Waals surface area contributed by atoms with Gasteiger partial charge in [-0.05, 0) is 56.0 Å². The maximum atomic E-state index is 9.61. The maximum absolute atomic E-state index is 9.61. The Morgan fingerprint density at radius 1 is 1.15 bits per heavy atom. The average Bonchev–Trinajstić information content (AvgIpc) is 2.07. The third kappa shape index (κ3) is 1.68. The van der Waals surface area contributed by atoms with E-state index in [1.165, 1.54) is 0 Å². The number of phenolic OH excluding ortho intramolecular Hbond substituents is 1. The summed E-state index contributed by atoms with van der Waals surface area (Å²) in [6, 6.07) is 1.84. The Balaban J connectivity index is 3.41. The van der Waals surface area contributed by atoms with Gasteiger partial charge in [0.1, 0.15) is 5.75 Å². The van der Waals surface area contributed by atoms with Crippen molar-refractivity contribution in [1.82, 2.24) is 0 Å². The second-order valence-electron chi connectivity index (χ2n) is 3.56. The molecule has 2 nitrogen and oxygen atoms in total. The van der Waals surface area contributed by atoms with Gasteiger partial charge >= 0.3 is 0 Å². The van der Waals surface area contributed by atoms with E-state index in [2.05, 4.69) is 0 Å². The molecule has 1 atom stereocenters. The quantitative estimate of drug-likeness (QED) is 0.696. The summed E-state index contributed by atoms with van der Waals surface area (Å²) in [6.07, 6.45) is -0.474. The van der Waals surface area contributed by atoms with Crippen LogP contribution < -0.4 is 0 Å². The molecule has 1 rings (SSSR count). The summed E-state index contributed by atoms with van der Waals surface area (Å²) < 4.78 is 0. The number of rotatable bonds is 1. The highest BCUT2D eigenvalue weighted by atomic mass is 16.3. The molecule has 0 aliphatic heterocycles. The van der Waals surface area contributed by atoms with E-state index >= 15 is 0 Å². The first kappa shape index (κ1) is 10.1. The highest BCUT2D eigenvalue weighted by Crippen LogP contribution is 2.30. The zero-order valence-corrected chi connectivity index (χ0v) is 8.55. The fourth-order valence-electron chi connectivity index (χ4n) is 1.53. The molecule has 1 unspecified atom stereocenters. The van der Waals surface area contributed by atoms with Gasteiger partial charge in [0, 0.05) is 0 Å². The van der Waals surface area contributed by atoms with E-state index in [0.717, 1.165) is 22.3 Å². The molecule has 2 heteroatoms. The second kappa shape index (κ2) is 3.38. The van der Waals surface area contributed by atoms with E-state index in [-0.39, 0.29) is 0 Å². The summed E-state index contributed by atoms with van der Waals surface area (Å²) >= 11 is 0. The molecule has 1 aromatic rings. The maximum Gasteiger partial charge on any atom is 0.121 e. The number of aliphatic hydroxyl groups is 1. The highest BCUT2D eigenvalue weighted by molar-refractivity contribution is 5.48. The smallest absolute Gasteiger partial charge is 0.121 e. The van der Waals surface area contributed by atoms with Crippen molar-refractivity contribution in [3.8, 4) is 5.75 Å². The molecule has 0 aromatic heterocycles. The normalized spacial score (nSPS) is 13.0. The third-order valence-corrected chi connectivity index (χ3v) is 2.55. The van der Waals surface area contributed by atoms with Gasteiger partial charge in [-0.25, -0.2) is 0 Å². The molecule has 0 saturated carbocycles. The third-order valence-electron chi connectivity index (χ3n) is 2.55. The van der Waals surface area contributed by atoms with Crippen molar-refractivity contribution in [2.24, 2.45) is 0 Å². The van der Waals surface area contributed by atoms with E-state index in [0.29, 0.717) is 5.75 Å². The van der Waals surface area contributed by atoms with Crippen molar-refractivity contribution < 1.29 is 10.2 Å². The zero-order chi connectivity index (χ0) is 10.2. The number of hydrogen-bond donors (Lipinski definition) is 2. The van der Waals surface area contributed by atoms with Crippen LogP contribution in [0.15, 0.2) is 6.07 Å². The van der Waals surface area contributed by atoms with Crippen LogP contribution in [0.1, 0.15) is 35.3 Å². The van der Waals surface area contributed by atoms with Crippen LogP contribution in [0.2, 0.25) is 0 Å². The minimum absolute atomic E-state index is 0.335. The van der Waals surface area contributed by atoms with Crippen LogP contribution >= 0.6 is 0 Å². The molecule has 13 heavy (non-hydrogen) atoms. The first-order valence-corrected chi connectivity index (χ1v) is 4.43. The van der Waals surface area contributed by atoms with Crippen molar-refractivity contribution in [2.45, 2.75) is 33.8 Å².